The third kappa shape index (κ3) is 4.40. The second-order valence-electron chi connectivity index (χ2n) is 7.31. The Hall–Kier alpha value is -2.71. The van der Waals surface area contributed by atoms with Crippen molar-refractivity contribution in [3.05, 3.63) is 68.5 Å². The Morgan fingerprint density at radius 1 is 1.25 bits per heavy atom. The minimum atomic E-state index is -0.585. The van der Waals surface area contributed by atoms with E-state index in [1.807, 2.05) is 49.3 Å². The third-order valence-electron chi connectivity index (χ3n) is 4.85. The summed E-state index contributed by atoms with van der Waals surface area (Å²) in [6, 6.07) is 9.54. The number of benzene rings is 1. The number of carbonyl (C=O) groups excluding carboxylic acids is 1. The molecule has 3 rings (SSSR count). The van der Waals surface area contributed by atoms with E-state index in [0.29, 0.717) is 25.3 Å². The molecule has 2 heterocycles. The van der Waals surface area contributed by atoms with Gasteiger partial charge in [0, 0.05) is 24.8 Å². The number of carbonyl (C=O) groups is 1. The number of aromatic nitrogens is 2. The number of nitrogens with zero attached hydrogens (tertiary/aromatic N) is 3. The molecule has 2 aromatic rings. The number of H-pyrrole nitrogens is 1. The van der Waals surface area contributed by atoms with E-state index in [9.17, 15) is 14.4 Å². The van der Waals surface area contributed by atoms with E-state index >= 15 is 0 Å². The highest BCUT2D eigenvalue weighted by molar-refractivity contribution is 5.76. The predicted molar refractivity (Wildman–Crippen MR) is 105 cm³/mol. The molecule has 2 atom stereocenters. The molecule has 1 aliphatic heterocycles. The number of aromatic amines is 1. The van der Waals surface area contributed by atoms with Gasteiger partial charge >= 0.3 is 5.69 Å². The van der Waals surface area contributed by atoms with Gasteiger partial charge in [-0.25, -0.2) is 4.79 Å². The zero-order valence-electron chi connectivity index (χ0n) is 16.4. The molecule has 0 aliphatic carbocycles. The van der Waals surface area contributed by atoms with Crippen LogP contribution in [0.5, 0.6) is 0 Å². The first-order valence-electron chi connectivity index (χ1n) is 9.28. The quantitative estimate of drug-likeness (QED) is 0.803. The maximum Gasteiger partial charge on any atom is 0.328 e. The number of nitrogens with one attached hydrogen (secondary N) is 1. The van der Waals surface area contributed by atoms with E-state index in [-0.39, 0.29) is 24.6 Å². The highest BCUT2D eigenvalue weighted by Gasteiger charge is 2.36. The van der Waals surface area contributed by atoms with E-state index in [0.717, 1.165) is 5.56 Å². The highest BCUT2D eigenvalue weighted by atomic mass is 16.5. The van der Waals surface area contributed by atoms with Crippen molar-refractivity contribution in [3.8, 4) is 0 Å². The Labute approximate surface area is 163 Å². The molecular formula is C20H26N4O4. The topological polar surface area (TPSA) is 87.6 Å². The molecule has 1 aromatic carbocycles. The zero-order chi connectivity index (χ0) is 20.3. The number of morpholine rings is 1. The number of likely N-dealkylation sites (N-methyl/N-ethyl adjacent to an activating group) is 1. The number of hydrogen-bond acceptors (Lipinski definition) is 5. The molecule has 0 saturated carbocycles. The summed E-state index contributed by atoms with van der Waals surface area (Å²) in [5.74, 6) is -0.186. The molecule has 1 aromatic heterocycles. The fourth-order valence-electron chi connectivity index (χ4n) is 3.54. The largest absolute Gasteiger partial charge is 0.373 e. The van der Waals surface area contributed by atoms with Gasteiger partial charge in [0.2, 0.25) is 5.91 Å². The van der Waals surface area contributed by atoms with Crippen molar-refractivity contribution in [1.29, 1.82) is 0 Å². The maximum absolute atomic E-state index is 13.1. The van der Waals surface area contributed by atoms with Gasteiger partial charge < -0.3 is 14.5 Å². The van der Waals surface area contributed by atoms with Crippen LogP contribution in [0.15, 0.2) is 46.1 Å². The van der Waals surface area contributed by atoms with Crippen molar-refractivity contribution < 1.29 is 9.53 Å². The molecular weight excluding hydrogens is 360 g/mol. The summed E-state index contributed by atoms with van der Waals surface area (Å²) >= 11 is 0. The van der Waals surface area contributed by atoms with E-state index in [1.165, 1.54) is 10.8 Å². The van der Waals surface area contributed by atoms with Gasteiger partial charge in [0.15, 0.2) is 0 Å². The lowest BCUT2D eigenvalue weighted by Gasteiger charge is -2.42. The van der Waals surface area contributed by atoms with Crippen LogP contribution in [0.25, 0.3) is 0 Å². The highest BCUT2D eigenvalue weighted by Crippen LogP contribution is 2.30. The average molecular weight is 386 g/mol. The van der Waals surface area contributed by atoms with Gasteiger partial charge in [-0.3, -0.25) is 19.1 Å². The fourth-order valence-corrected chi connectivity index (χ4v) is 3.54. The van der Waals surface area contributed by atoms with Gasteiger partial charge in [0.05, 0.1) is 18.8 Å². The molecule has 1 amide bonds. The van der Waals surface area contributed by atoms with E-state index in [1.54, 1.807) is 11.8 Å². The second-order valence-corrected chi connectivity index (χ2v) is 7.31. The van der Waals surface area contributed by atoms with Crippen LogP contribution >= 0.6 is 0 Å². The molecule has 1 N–H and O–H groups in total. The standard InChI is InChI=1S/C20H26N4O4/c1-14-11-23(20(27)21-19(14)26)13-17(25)24-9-10-28-16(12-22(2)3)18(24)15-7-5-4-6-8-15/h4-8,11,16,18H,9-10,12-13H2,1-3H3,(H,21,26,27)/t16-,18-/m0/s1. The average Bonchev–Trinajstić information content (AvgIpc) is 2.66. The van der Waals surface area contributed by atoms with Crippen LogP contribution in [0.3, 0.4) is 0 Å². The van der Waals surface area contributed by atoms with Gasteiger partial charge in [-0.2, -0.15) is 0 Å². The zero-order valence-corrected chi connectivity index (χ0v) is 16.4. The van der Waals surface area contributed by atoms with Gasteiger partial charge in [0.25, 0.3) is 5.56 Å². The number of ether oxygens (including phenoxy) is 1. The molecule has 0 radical (unpaired) electrons. The van der Waals surface area contributed by atoms with Gasteiger partial charge in [-0.15, -0.1) is 0 Å². The molecule has 28 heavy (non-hydrogen) atoms. The van der Waals surface area contributed by atoms with Crippen LogP contribution in [0.4, 0.5) is 0 Å². The van der Waals surface area contributed by atoms with Crippen LogP contribution in [-0.4, -0.2) is 65.2 Å². The molecule has 1 fully saturated rings. The van der Waals surface area contributed by atoms with E-state index in [4.69, 9.17) is 4.74 Å². The Kier molecular flexibility index (Phi) is 6.11. The van der Waals surface area contributed by atoms with Crippen LogP contribution in [-0.2, 0) is 16.1 Å². The van der Waals surface area contributed by atoms with Crippen molar-refractivity contribution >= 4 is 5.91 Å². The Balaban J connectivity index is 1.91. The Bertz CT molecular complexity index is 935. The van der Waals surface area contributed by atoms with Crippen molar-refractivity contribution in [2.45, 2.75) is 25.6 Å². The fraction of sp³-hybridized carbons (Fsp3) is 0.450. The summed E-state index contributed by atoms with van der Waals surface area (Å²) in [7, 11) is 3.93. The van der Waals surface area contributed by atoms with Crippen LogP contribution in [0, 0.1) is 6.92 Å². The Morgan fingerprint density at radius 3 is 2.64 bits per heavy atom. The summed E-state index contributed by atoms with van der Waals surface area (Å²) in [6.45, 7) is 3.02. The first-order valence-corrected chi connectivity index (χ1v) is 9.28. The molecule has 0 bridgehead atoms. The molecule has 1 saturated heterocycles. The van der Waals surface area contributed by atoms with Crippen LogP contribution in [0.1, 0.15) is 17.2 Å². The lowest BCUT2D eigenvalue weighted by atomic mass is 9.97. The second kappa shape index (κ2) is 8.53. The van der Waals surface area contributed by atoms with E-state index in [2.05, 4.69) is 4.98 Å². The smallest absolute Gasteiger partial charge is 0.328 e. The molecule has 0 spiro atoms. The van der Waals surface area contributed by atoms with E-state index < -0.39 is 11.2 Å². The Morgan fingerprint density at radius 2 is 1.96 bits per heavy atom. The molecule has 8 heteroatoms. The van der Waals surface area contributed by atoms with Crippen molar-refractivity contribution in [3.63, 3.8) is 0 Å². The first kappa shape index (κ1) is 20.0. The molecule has 150 valence electrons. The summed E-state index contributed by atoms with van der Waals surface area (Å²) < 4.78 is 7.24. The number of rotatable bonds is 5. The lowest BCUT2D eigenvalue weighted by Crippen LogP contribution is -2.52. The number of aryl methyl sites for hydroxylation is 1. The SMILES string of the molecule is Cc1cn(CC(=O)N2CCO[C@@H](CN(C)C)[C@@H]2c2ccccc2)c(=O)[nH]c1=O. The minimum Gasteiger partial charge on any atom is -0.373 e. The van der Waals surface area contributed by atoms with Crippen LogP contribution in [0.2, 0.25) is 0 Å². The number of hydrogen-bond donors (Lipinski definition) is 1. The molecule has 8 nitrogen and oxygen atoms in total. The van der Waals surface area contributed by atoms with Crippen molar-refractivity contribution in [1.82, 2.24) is 19.4 Å². The summed E-state index contributed by atoms with van der Waals surface area (Å²) in [6.07, 6.45) is 1.25. The van der Waals surface area contributed by atoms with Gasteiger partial charge in [-0.1, -0.05) is 30.3 Å². The van der Waals surface area contributed by atoms with Gasteiger partial charge in [0.1, 0.15) is 6.54 Å². The summed E-state index contributed by atoms with van der Waals surface area (Å²) in [5.41, 5.74) is 0.360. The summed E-state index contributed by atoms with van der Waals surface area (Å²) in [4.78, 5) is 42.8. The third-order valence-corrected chi connectivity index (χ3v) is 4.85. The normalized spacial score (nSPS) is 19.8. The lowest BCUT2D eigenvalue weighted by molar-refractivity contribution is -0.148. The predicted octanol–water partition coefficient (Wildman–Crippen LogP) is 0.375. The van der Waals surface area contributed by atoms with Crippen molar-refractivity contribution in [2.75, 3.05) is 33.8 Å². The molecule has 0 unspecified atom stereocenters. The molecule has 1 aliphatic rings. The summed E-state index contributed by atoms with van der Waals surface area (Å²) in [5, 5.41) is 0. The van der Waals surface area contributed by atoms with Crippen LogP contribution < -0.4 is 11.2 Å². The first-order chi connectivity index (χ1) is 13.4. The monoisotopic (exact) mass is 386 g/mol. The van der Waals surface area contributed by atoms with Gasteiger partial charge in [-0.05, 0) is 26.6 Å². The minimum absolute atomic E-state index is 0.130. The number of amides is 1. The maximum atomic E-state index is 13.1. The van der Waals surface area contributed by atoms with Crippen molar-refractivity contribution in [2.24, 2.45) is 0 Å².